The van der Waals surface area contributed by atoms with Gasteiger partial charge in [-0.1, -0.05) is 11.6 Å². The summed E-state index contributed by atoms with van der Waals surface area (Å²) in [5.74, 6) is -0.995. The number of hydrogen-bond donors (Lipinski definition) is 1. The van der Waals surface area contributed by atoms with Crippen LogP contribution in [0.25, 0.3) is 0 Å². The number of pyridine rings is 1. The molecule has 6 heteroatoms. The van der Waals surface area contributed by atoms with E-state index in [2.05, 4.69) is 4.98 Å². The molecule has 5 nitrogen and oxygen atoms in total. The summed E-state index contributed by atoms with van der Waals surface area (Å²) in [7, 11) is 0. The van der Waals surface area contributed by atoms with E-state index in [0.29, 0.717) is 37.1 Å². The Morgan fingerprint density at radius 2 is 2.19 bits per heavy atom. The topological polar surface area (TPSA) is 62.7 Å². The van der Waals surface area contributed by atoms with Gasteiger partial charge in [-0.25, -0.2) is 9.78 Å². The Balaban J connectivity index is 2.36. The first-order valence-electron chi connectivity index (χ1n) is 4.90. The molecule has 0 radical (unpaired) electrons. The molecule has 0 aliphatic carbocycles. The van der Waals surface area contributed by atoms with E-state index in [1.165, 1.54) is 6.20 Å². The largest absolute Gasteiger partial charge is 0.478 e. The molecule has 16 heavy (non-hydrogen) atoms. The lowest BCUT2D eigenvalue weighted by Gasteiger charge is -2.29. The molecule has 86 valence electrons. The predicted octanol–water partition coefficient (Wildman–Crippen LogP) is 1.27. The second kappa shape index (κ2) is 4.67. The fourth-order valence-corrected chi connectivity index (χ4v) is 1.80. The van der Waals surface area contributed by atoms with Crippen molar-refractivity contribution in [3.63, 3.8) is 0 Å². The zero-order valence-electron chi connectivity index (χ0n) is 8.52. The van der Waals surface area contributed by atoms with Crippen LogP contribution >= 0.6 is 11.6 Å². The highest BCUT2D eigenvalue weighted by Crippen LogP contribution is 2.23. The fraction of sp³-hybridized carbons (Fsp3) is 0.400. The van der Waals surface area contributed by atoms with E-state index in [0.717, 1.165) is 0 Å². The molecule has 0 aromatic carbocycles. The van der Waals surface area contributed by atoms with Crippen molar-refractivity contribution >= 4 is 23.3 Å². The number of ether oxygens (including phenoxy) is 1. The highest BCUT2D eigenvalue weighted by Gasteiger charge is 2.19. The van der Waals surface area contributed by atoms with Crippen LogP contribution in [-0.2, 0) is 4.74 Å². The predicted molar refractivity (Wildman–Crippen MR) is 59.2 cm³/mol. The van der Waals surface area contributed by atoms with Crippen LogP contribution in [0.2, 0.25) is 5.15 Å². The van der Waals surface area contributed by atoms with E-state index in [1.807, 2.05) is 4.90 Å². The van der Waals surface area contributed by atoms with Crippen LogP contribution in [-0.4, -0.2) is 42.4 Å². The van der Waals surface area contributed by atoms with Crippen LogP contribution in [0.4, 0.5) is 5.69 Å². The summed E-state index contributed by atoms with van der Waals surface area (Å²) >= 11 is 5.78. The van der Waals surface area contributed by atoms with Gasteiger partial charge < -0.3 is 14.7 Å². The minimum absolute atomic E-state index is 0.173. The molecule has 2 rings (SSSR count). The van der Waals surface area contributed by atoms with Gasteiger partial charge in [0, 0.05) is 19.3 Å². The van der Waals surface area contributed by atoms with Crippen molar-refractivity contribution in [1.82, 2.24) is 4.98 Å². The van der Waals surface area contributed by atoms with Crippen molar-refractivity contribution in [1.29, 1.82) is 0 Å². The summed E-state index contributed by atoms with van der Waals surface area (Å²) in [6, 6.07) is 1.58. The first-order chi connectivity index (χ1) is 7.68. The maximum absolute atomic E-state index is 11.0. The van der Waals surface area contributed by atoms with Gasteiger partial charge in [-0.2, -0.15) is 0 Å². The quantitative estimate of drug-likeness (QED) is 0.792. The Morgan fingerprint density at radius 3 is 2.81 bits per heavy atom. The zero-order valence-corrected chi connectivity index (χ0v) is 9.28. The third kappa shape index (κ3) is 2.25. The van der Waals surface area contributed by atoms with E-state index >= 15 is 0 Å². The molecule has 1 fully saturated rings. The van der Waals surface area contributed by atoms with Crippen molar-refractivity contribution in [3.05, 3.63) is 23.0 Å². The van der Waals surface area contributed by atoms with Gasteiger partial charge in [-0.15, -0.1) is 0 Å². The number of carboxylic acid groups (broad SMARTS) is 1. The van der Waals surface area contributed by atoms with Gasteiger partial charge in [0.1, 0.15) is 10.7 Å². The van der Waals surface area contributed by atoms with Crippen molar-refractivity contribution in [2.24, 2.45) is 0 Å². The molecule has 1 saturated heterocycles. The van der Waals surface area contributed by atoms with Crippen LogP contribution in [0.15, 0.2) is 12.3 Å². The smallest absolute Gasteiger partial charge is 0.339 e. The average Bonchev–Trinajstić information content (AvgIpc) is 2.29. The zero-order chi connectivity index (χ0) is 11.5. The third-order valence-corrected chi connectivity index (χ3v) is 2.64. The third-order valence-electron chi connectivity index (χ3n) is 2.43. The molecule has 0 unspecified atom stereocenters. The lowest BCUT2D eigenvalue weighted by atomic mass is 10.2. The van der Waals surface area contributed by atoms with Crippen LogP contribution in [0.5, 0.6) is 0 Å². The van der Waals surface area contributed by atoms with E-state index in [9.17, 15) is 4.79 Å². The number of hydrogen-bond acceptors (Lipinski definition) is 4. The maximum atomic E-state index is 11.0. The number of halogens is 1. The molecule has 1 aromatic heterocycles. The van der Waals surface area contributed by atoms with Crippen molar-refractivity contribution < 1.29 is 14.6 Å². The van der Waals surface area contributed by atoms with E-state index in [1.54, 1.807) is 6.07 Å². The van der Waals surface area contributed by atoms with Gasteiger partial charge >= 0.3 is 5.97 Å². The Bertz CT molecular complexity index is 405. The SMILES string of the molecule is O=C(O)c1cnc(Cl)cc1N1CCOCC1. The number of aromatic carboxylic acids is 1. The van der Waals surface area contributed by atoms with Gasteiger partial charge in [0.05, 0.1) is 18.9 Å². The number of morpholine rings is 1. The molecule has 1 aliphatic heterocycles. The normalized spacial score (nSPS) is 16.2. The first kappa shape index (κ1) is 11.2. The Morgan fingerprint density at radius 1 is 1.50 bits per heavy atom. The number of anilines is 1. The summed E-state index contributed by atoms with van der Waals surface area (Å²) in [5.41, 5.74) is 0.780. The summed E-state index contributed by atoms with van der Waals surface area (Å²) in [6.07, 6.45) is 1.29. The van der Waals surface area contributed by atoms with Gasteiger partial charge in [0.2, 0.25) is 0 Å². The van der Waals surface area contributed by atoms with Crippen LogP contribution in [0.3, 0.4) is 0 Å². The van der Waals surface area contributed by atoms with Crippen molar-refractivity contribution in [2.75, 3.05) is 31.2 Å². The van der Waals surface area contributed by atoms with Crippen molar-refractivity contribution in [3.8, 4) is 0 Å². The molecular weight excluding hydrogens is 232 g/mol. The second-order valence-electron chi connectivity index (χ2n) is 3.43. The molecule has 1 aromatic rings. The maximum Gasteiger partial charge on any atom is 0.339 e. The highest BCUT2D eigenvalue weighted by atomic mass is 35.5. The molecule has 0 amide bonds. The van der Waals surface area contributed by atoms with E-state index < -0.39 is 5.97 Å². The number of rotatable bonds is 2. The average molecular weight is 243 g/mol. The van der Waals surface area contributed by atoms with Crippen molar-refractivity contribution in [2.45, 2.75) is 0 Å². The monoisotopic (exact) mass is 242 g/mol. The minimum Gasteiger partial charge on any atom is -0.478 e. The summed E-state index contributed by atoms with van der Waals surface area (Å²) in [5, 5.41) is 9.34. The van der Waals surface area contributed by atoms with Gasteiger partial charge in [0.25, 0.3) is 0 Å². The molecular formula is C10H11ClN2O3. The van der Waals surface area contributed by atoms with Gasteiger partial charge in [0.15, 0.2) is 0 Å². The lowest BCUT2D eigenvalue weighted by molar-refractivity contribution is 0.0696. The summed E-state index contributed by atoms with van der Waals surface area (Å²) < 4.78 is 5.21. The Labute approximate surface area is 97.6 Å². The minimum atomic E-state index is -0.995. The molecule has 0 bridgehead atoms. The van der Waals surface area contributed by atoms with Crippen LogP contribution in [0.1, 0.15) is 10.4 Å². The van der Waals surface area contributed by atoms with E-state index in [4.69, 9.17) is 21.4 Å². The molecule has 1 N–H and O–H groups in total. The number of carbonyl (C=O) groups is 1. The Hall–Kier alpha value is -1.33. The highest BCUT2D eigenvalue weighted by molar-refractivity contribution is 6.29. The molecule has 0 saturated carbocycles. The van der Waals surface area contributed by atoms with Gasteiger partial charge in [-0.05, 0) is 6.07 Å². The molecule has 1 aliphatic rings. The molecule has 0 spiro atoms. The van der Waals surface area contributed by atoms with E-state index in [-0.39, 0.29) is 5.56 Å². The fourth-order valence-electron chi connectivity index (χ4n) is 1.65. The first-order valence-corrected chi connectivity index (χ1v) is 5.28. The Kier molecular flexibility index (Phi) is 3.26. The van der Waals surface area contributed by atoms with Crippen LogP contribution in [0, 0.1) is 0 Å². The summed E-state index contributed by atoms with van der Waals surface area (Å²) in [6.45, 7) is 2.53. The van der Waals surface area contributed by atoms with Gasteiger partial charge in [-0.3, -0.25) is 0 Å². The molecule has 2 heterocycles. The number of aromatic nitrogens is 1. The number of nitrogens with zero attached hydrogens (tertiary/aromatic N) is 2. The molecule has 0 atom stereocenters. The lowest BCUT2D eigenvalue weighted by Crippen LogP contribution is -2.37. The standard InChI is InChI=1S/C10H11ClN2O3/c11-9-5-8(7(6-12-9)10(14)15)13-1-3-16-4-2-13/h5-6H,1-4H2,(H,14,15). The second-order valence-corrected chi connectivity index (χ2v) is 3.82. The summed E-state index contributed by atoms with van der Waals surface area (Å²) in [4.78, 5) is 16.8. The number of carboxylic acids is 1. The van der Waals surface area contributed by atoms with Crippen LogP contribution < -0.4 is 4.90 Å².